The van der Waals surface area contributed by atoms with Crippen LogP contribution in [0.5, 0.6) is 0 Å². The summed E-state index contributed by atoms with van der Waals surface area (Å²) >= 11 is 0. The summed E-state index contributed by atoms with van der Waals surface area (Å²) in [5.74, 6) is 2.63. The molecule has 7 heteroatoms. The molecule has 1 N–H and O–H groups in total. The molecule has 2 aromatic rings. The first-order chi connectivity index (χ1) is 10.9. The molecule has 1 aliphatic heterocycles. The zero-order chi connectivity index (χ0) is 14.8. The Hall–Kier alpha value is -2.02. The third-order valence-corrected chi connectivity index (χ3v) is 4.43. The van der Waals surface area contributed by atoms with Crippen LogP contribution in [0.2, 0.25) is 0 Å². The van der Waals surface area contributed by atoms with Gasteiger partial charge in [-0.3, -0.25) is 4.90 Å². The maximum atomic E-state index is 4.30. The molecule has 116 valence electrons. The first kappa shape index (κ1) is 13.6. The van der Waals surface area contributed by atoms with Gasteiger partial charge in [0.05, 0.1) is 12.6 Å². The van der Waals surface area contributed by atoms with Gasteiger partial charge in [-0.05, 0) is 54.3 Å². The van der Waals surface area contributed by atoms with Crippen LogP contribution in [-0.4, -0.2) is 49.7 Å². The van der Waals surface area contributed by atoms with Crippen molar-refractivity contribution in [1.82, 2.24) is 30.1 Å². The number of nitrogens with one attached hydrogen (secondary N) is 1. The summed E-state index contributed by atoms with van der Waals surface area (Å²) in [4.78, 5) is 6.76. The van der Waals surface area contributed by atoms with Crippen molar-refractivity contribution in [2.24, 2.45) is 5.92 Å². The zero-order valence-electron chi connectivity index (χ0n) is 12.6. The number of rotatable bonds is 6. The van der Waals surface area contributed by atoms with Crippen LogP contribution < -0.4 is 5.32 Å². The van der Waals surface area contributed by atoms with E-state index >= 15 is 0 Å². The Morgan fingerprint density at radius 3 is 3.00 bits per heavy atom. The fourth-order valence-electron chi connectivity index (χ4n) is 3.06. The molecule has 0 spiro atoms. The van der Waals surface area contributed by atoms with E-state index in [1.807, 2.05) is 29.1 Å². The molecule has 7 nitrogen and oxygen atoms in total. The predicted molar refractivity (Wildman–Crippen MR) is 82.2 cm³/mol. The minimum absolute atomic E-state index is 0.550. The molecule has 3 heterocycles. The molecule has 1 saturated carbocycles. The van der Waals surface area contributed by atoms with Crippen LogP contribution in [-0.2, 0) is 6.54 Å². The third-order valence-electron chi connectivity index (χ3n) is 4.43. The third kappa shape index (κ3) is 3.09. The van der Waals surface area contributed by atoms with Crippen LogP contribution in [0, 0.1) is 5.92 Å². The molecule has 1 aliphatic carbocycles. The minimum atomic E-state index is 0.550. The van der Waals surface area contributed by atoms with Crippen LogP contribution >= 0.6 is 0 Å². The van der Waals surface area contributed by atoms with Crippen molar-refractivity contribution in [2.75, 3.05) is 25.0 Å². The van der Waals surface area contributed by atoms with Gasteiger partial charge in [-0.2, -0.15) is 0 Å². The Kier molecular flexibility index (Phi) is 3.72. The summed E-state index contributed by atoms with van der Waals surface area (Å²) in [7, 11) is 0. The Bertz CT molecular complexity index is 607. The van der Waals surface area contributed by atoms with Crippen molar-refractivity contribution in [1.29, 1.82) is 0 Å². The lowest BCUT2D eigenvalue weighted by molar-refractivity contribution is 0.302. The van der Waals surface area contributed by atoms with Crippen molar-refractivity contribution in [3.8, 4) is 0 Å². The van der Waals surface area contributed by atoms with E-state index in [0.29, 0.717) is 12.0 Å². The van der Waals surface area contributed by atoms with Crippen LogP contribution in [0.15, 0.2) is 24.4 Å². The molecule has 0 amide bonds. The van der Waals surface area contributed by atoms with E-state index in [1.54, 1.807) is 0 Å². The van der Waals surface area contributed by atoms with Crippen LogP contribution in [0.3, 0.4) is 0 Å². The number of anilines is 1. The van der Waals surface area contributed by atoms with E-state index in [0.717, 1.165) is 37.8 Å². The number of hydrogen-bond donors (Lipinski definition) is 1. The largest absolute Gasteiger partial charge is 0.370 e. The van der Waals surface area contributed by atoms with Crippen molar-refractivity contribution in [3.05, 3.63) is 30.2 Å². The second kappa shape index (κ2) is 6.00. The Labute approximate surface area is 129 Å². The normalized spacial score (nSPS) is 22.1. The van der Waals surface area contributed by atoms with Gasteiger partial charge in [0.2, 0.25) is 0 Å². The fraction of sp³-hybridized carbons (Fsp3) is 0.600. The summed E-state index contributed by atoms with van der Waals surface area (Å²) in [6, 6.07) is 6.51. The van der Waals surface area contributed by atoms with E-state index < -0.39 is 0 Å². The molecule has 1 atom stereocenters. The molecule has 2 aliphatic rings. The maximum absolute atomic E-state index is 4.30. The summed E-state index contributed by atoms with van der Waals surface area (Å²) in [6.45, 7) is 4.05. The smallest absolute Gasteiger partial charge is 0.165 e. The molecular formula is C15H21N7. The van der Waals surface area contributed by atoms with E-state index in [4.69, 9.17) is 0 Å². The highest BCUT2D eigenvalue weighted by Crippen LogP contribution is 2.34. The van der Waals surface area contributed by atoms with Gasteiger partial charge in [0.25, 0.3) is 0 Å². The number of nitrogens with zero attached hydrogens (tertiary/aromatic N) is 6. The van der Waals surface area contributed by atoms with Crippen molar-refractivity contribution < 1.29 is 0 Å². The Morgan fingerprint density at radius 2 is 2.18 bits per heavy atom. The zero-order valence-corrected chi connectivity index (χ0v) is 12.6. The summed E-state index contributed by atoms with van der Waals surface area (Å²) in [6.07, 6.45) is 5.47. The van der Waals surface area contributed by atoms with Gasteiger partial charge < -0.3 is 5.32 Å². The molecule has 0 unspecified atom stereocenters. The Morgan fingerprint density at radius 1 is 1.23 bits per heavy atom. The highest BCUT2D eigenvalue weighted by atomic mass is 15.6. The maximum Gasteiger partial charge on any atom is 0.165 e. The topological polar surface area (TPSA) is 71.8 Å². The number of tetrazole rings is 1. The summed E-state index contributed by atoms with van der Waals surface area (Å²) in [5, 5.41) is 15.6. The molecule has 2 aromatic heterocycles. The fourth-order valence-corrected chi connectivity index (χ4v) is 3.06. The van der Waals surface area contributed by atoms with Crippen molar-refractivity contribution in [3.63, 3.8) is 0 Å². The predicted octanol–water partition coefficient (Wildman–Crippen LogP) is 1.34. The number of hydrogen-bond acceptors (Lipinski definition) is 6. The molecule has 22 heavy (non-hydrogen) atoms. The molecule has 0 radical (unpaired) electrons. The highest BCUT2D eigenvalue weighted by Gasteiger charge is 2.29. The molecule has 0 aromatic carbocycles. The Balaban J connectivity index is 1.28. The van der Waals surface area contributed by atoms with E-state index in [9.17, 15) is 0 Å². The van der Waals surface area contributed by atoms with Crippen molar-refractivity contribution >= 4 is 5.82 Å². The molecule has 4 rings (SSSR count). The van der Waals surface area contributed by atoms with Gasteiger partial charge >= 0.3 is 0 Å². The monoisotopic (exact) mass is 299 g/mol. The lowest BCUT2D eigenvalue weighted by atomic mass is 10.1. The van der Waals surface area contributed by atoms with Crippen LogP contribution in [0.1, 0.15) is 31.1 Å². The molecule has 2 fully saturated rings. The van der Waals surface area contributed by atoms with Gasteiger partial charge in [-0.15, -0.1) is 5.10 Å². The van der Waals surface area contributed by atoms with E-state index in [-0.39, 0.29) is 0 Å². The minimum Gasteiger partial charge on any atom is -0.370 e. The lowest BCUT2D eigenvalue weighted by Gasteiger charge is -2.16. The quantitative estimate of drug-likeness (QED) is 0.868. The van der Waals surface area contributed by atoms with Gasteiger partial charge in [-0.1, -0.05) is 6.07 Å². The first-order valence-corrected chi connectivity index (χ1v) is 8.02. The SMILES string of the molecule is c1ccc(NC[C@@H]2CCN(Cc3nnnn3C3CC3)C2)nc1. The number of likely N-dealkylation sites (tertiary alicyclic amines) is 1. The highest BCUT2D eigenvalue weighted by molar-refractivity contribution is 5.33. The second-order valence-electron chi connectivity index (χ2n) is 6.26. The molecule has 0 bridgehead atoms. The second-order valence-corrected chi connectivity index (χ2v) is 6.26. The van der Waals surface area contributed by atoms with Crippen LogP contribution in [0.25, 0.3) is 0 Å². The summed E-state index contributed by atoms with van der Waals surface area (Å²) < 4.78 is 2.01. The van der Waals surface area contributed by atoms with Gasteiger partial charge in [-0.25, -0.2) is 9.67 Å². The lowest BCUT2D eigenvalue weighted by Crippen LogP contribution is -2.24. The van der Waals surface area contributed by atoms with Gasteiger partial charge in [0.1, 0.15) is 5.82 Å². The standard InChI is InChI=1S/C15H21N7/c1-2-7-16-14(3-1)17-9-12-6-8-21(10-12)11-15-18-19-20-22(15)13-4-5-13/h1-3,7,12-13H,4-6,8-11H2,(H,16,17)/t12-/m0/s1. The first-order valence-electron chi connectivity index (χ1n) is 8.02. The summed E-state index contributed by atoms with van der Waals surface area (Å²) in [5.41, 5.74) is 0. The number of pyridine rings is 1. The number of aromatic nitrogens is 5. The van der Waals surface area contributed by atoms with E-state index in [2.05, 4.69) is 30.7 Å². The molecular weight excluding hydrogens is 278 g/mol. The van der Waals surface area contributed by atoms with Crippen LogP contribution in [0.4, 0.5) is 5.82 Å². The van der Waals surface area contributed by atoms with Crippen molar-refractivity contribution in [2.45, 2.75) is 31.8 Å². The van der Waals surface area contributed by atoms with E-state index in [1.165, 1.54) is 19.3 Å². The molecule has 1 saturated heterocycles. The average molecular weight is 299 g/mol. The van der Waals surface area contributed by atoms with Gasteiger partial charge in [0.15, 0.2) is 5.82 Å². The van der Waals surface area contributed by atoms with Gasteiger partial charge in [0, 0.05) is 19.3 Å². The average Bonchev–Trinajstić information content (AvgIpc) is 3.13.